The molecule has 0 aliphatic rings. The number of benzene rings is 1. The first-order valence-electron chi connectivity index (χ1n) is 3.65. The van der Waals surface area contributed by atoms with Crippen LogP contribution < -0.4 is 0 Å². The Kier molecular flexibility index (Phi) is 3.93. The predicted molar refractivity (Wildman–Crippen MR) is 60.1 cm³/mol. The minimum absolute atomic E-state index is 0.238. The van der Waals surface area contributed by atoms with E-state index >= 15 is 0 Å². The summed E-state index contributed by atoms with van der Waals surface area (Å²) < 4.78 is 14.1. The van der Waals surface area contributed by atoms with Crippen molar-refractivity contribution in [2.24, 2.45) is 4.99 Å². The molecule has 0 N–H and O–H groups in total. The fourth-order valence-corrected chi connectivity index (χ4v) is 1.90. The Balaban J connectivity index is 3.19. The first kappa shape index (κ1) is 10.7. The van der Waals surface area contributed by atoms with Gasteiger partial charge in [0.2, 0.25) is 0 Å². The molecule has 4 heteroatoms. The molecule has 0 unspecified atom stereocenters. The fraction of sp³-hybridized carbons (Fsp3) is 0.222. The zero-order valence-corrected chi connectivity index (χ0v) is 9.75. The summed E-state index contributed by atoms with van der Waals surface area (Å²) in [5.74, 6) is -0.238. The SMILES string of the molecule is CN=C(SC)c1cc(Br)ccc1F. The molecule has 1 aromatic carbocycles. The van der Waals surface area contributed by atoms with Gasteiger partial charge in [0.05, 0.1) is 0 Å². The Morgan fingerprint density at radius 1 is 1.54 bits per heavy atom. The van der Waals surface area contributed by atoms with Crippen molar-refractivity contribution in [3.63, 3.8) is 0 Å². The Morgan fingerprint density at radius 2 is 2.23 bits per heavy atom. The third-order valence-electron chi connectivity index (χ3n) is 1.56. The van der Waals surface area contributed by atoms with E-state index < -0.39 is 0 Å². The van der Waals surface area contributed by atoms with Crippen LogP contribution in [0, 0.1) is 5.82 Å². The van der Waals surface area contributed by atoms with E-state index in [0.717, 1.165) is 4.47 Å². The zero-order chi connectivity index (χ0) is 9.84. The van der Waals surface area contributed by atoms with Crippen LogP contribution in [0.5, 0.6) is 0 Å². The maximum atomic E-state index is 13.3. The topological polar surface area (TPSA) is 12.4 Å². The molecular formula is C9H9BrFNS. The van der Waals surface area contributed by atoms with E-state index in [0.29, 0.717) is 10.6 Å². The van der Waals surface area contributed by atoms with Gasteiger partial charge in [-0.1, -0.05) is 15.9 Å². The van der Waals surface area contributed by atoms with Gasteiger partial charge >= 0.3 is 0 Å². The summed E-state index contributed by atoms with van der Waals surface area (Å²) in [6, 6.07) is 4.83. The lowest BCUT2D eigenvalue weighted by Gasteiger charge is -2.04. The van der Waals surface area contributed by atoms with Gasteiger partial charge in [-0.2, -0.15) is 0 Å². The third kappa shape index (κ3) is 2.54. The number of hydrogen-bond acceptors (Lipinski definition) is 2. The first-order chi connectivity index (χ1) is 6.19. The minimum atomic E-state index is -0.238. The van der Waals surface area contributed by atoms with Crippen LogP contribution in [-0.2, 0) is 0 Å². The van der Waals surface area contributed by atoms with Gasteiger partial charge < -0.3 is 0 Å². The summed E-state index contributed by atoms with van der Waals surface area (Å²) in [5, 5.41) is 0.707. The van der Waals surface area contributed by atoms with Crippen molar-refractivity contribution in [1.82, 2.24) is 0 Å². The highest BCUT2D eigenvalue weighted by Crippen LogP contribution is 2.19. The van der Waals surface area contributed by atoms with Crippen LogP contribution in [0.4, 0.5) is 4.39 Å². The van der Waals surface area contributed by atoms with Crippen molar-refractivity contribution < 1.29 is 4.39 Å². The molecule has 0 spiro atoms. The Hall–Kier alpha value is -0.350. The molecule has 1 aromatic rings. The van der Waals surface area contributed by atoms with Gasteiger partial charge in [-0.05, 0) is 24.5 Å². The Morgan fingerprint density at radius 3 is 2.77 bits per heavy atom. The summed E-state index contributed by atoms with van der Waals surface area (Å²) in [5.41, 5.74) is 0.546. The number of halogens is 2. The van der Waals surface area contributed by atoms with Crippen LogP contribution in [0.15, 0.2) is 27.7 Å². The molecular weight excluding hydrogens is 253 g/mol. The van der Waals surface area contributed by atoms with Gasteiger partial charge in [0.1, 0.15) is 10.9 Å². The van der Waals surface area contributed by atoms with Crippen molar-refractivity contribution in [2.75, 3.05) is 13.3 Å². The summed E-state index contributed by atoms with van der Waals surface area (Å²) in [6.07, 6.45) is 1.88. The molecule has 0 amide bonds. The van der Waals surface area contributed by atoms with Crippen LogP contribution in [-0.4, -0.2) is 18.3 Å². The van der Waals surface area contributed by atoms with Gasteiger partial charge in [-0.25, -0.2) is 4.39 Å². The lowest BCUT2D eigenvalue weighted by molar-refractivity contribution is 0.625. The Bertz CT molecular complexity index is 338. The summed E-state index contributed by atoms with van der Waals surface area (Å²) in [7, 11) is 1.66. The zero-order valence-electron chi connectivity index (χ0n) is 7.34. The first-order valence-corrected chi connectivity index (χ1v) is 5.67. The van der Waals surface area contributed by atoms with E-state index in [4.69, 9.17) is 0 Å². The number of aliphatic imine (C=N–C) groups is 1. The van der Waals surface area contributed by atoms with E-state index in [-0.39, 0.29) is 5.82 Å². The molecule has 0 aliphatic heterocycles. The van der Waals surface area contributed by atoms with Crippen LogP contribution in [0.25, 0.3) is 0 Å². The van der Waals surface area contributed by atoms with Crippen LogP contribution in [0.2, 0.25) is 0 Å². The second-order valence-corrected chi connectivity index (χ2v) is 4.07. The van der Waals surface area contributed by atoms with E-state index in [2.05, 4.69) is 20.9 Å². The van der Waals surface area contributed by atoms with Crippen molar-refractivity contribution >= 4 is 32.7 Å². The molecule has 13 heavy (non-hydrogen) atoms. The number of hydrogen-bond donors (Lipinski definition) is 0. The normalized spacial score (nSPS) is 11.8. The average molecular weight is 262 g/mol. The van der Waals surface area contributed by atoms with Crippen LogP contribution in [0.1, 0.15) is 5.56 Å². The fourth-order valence-electron chi connectivity index (χ4n) is 0.983. The predicted octanol–water partition coefficient (Wildman–Crippen LogP) is 3.33. The minimum Gasteiger partial charge on any atom is -0.281 e. The lowest BCUT2D eigenvalue weighted by atomic mass is 10.2. The van der Waals surface area contributed by atoms with E-state index in [9.17, 15) is 4.39 Å². The highest BCUT2D eigenvalue weighted by atomic mass is 79.9. The largest absolute Gasteiger partial charge is 0.281 e. The summed E-state index contributed by atoms with van der Waals surface area (Å²) in [4.78, 5) is 4.00. The number of nitrogens with zero attached hydrogens (tertiary/aromatic N) is 1. The second-order valence-electron chi connectivity index (χ2n) is 2.36. The molecule has 1 nitrogen and oxygen atoms in total. The highest BCUT2D eigenvalue weighted by molar-refractivity contribution is 9.10. The molecule has 0 radical (unpaired) electrons. The summed E-state index contributed by atoms with van der Waals surface area (Å²) in [6.45, 7) is 0. The maximum Gasteiger partial charge on any atom is 0.133 e. The number of rotatable bonds is 1. The Labute approximate surface area is 89.6 Å². The van der Waals surface area contributed by atoms with E-state index in [1.54, 1.807) is 19.2 Å². The summed E-state index contributed by atoms with van der Waals surface area (Å²) >= 11 is 4.73. The third-order valence-corrected chi connectivity index (χ3v) is 2.84. The van der Waals surface area contributed by atoms with E-state index in [1.165, 1.54) is 17.8 Å². The van der Waals surface area contributed by atoms with Crippen LogP contribution >= 0.6 is 27.7 Å². The van der Waals surface area contributed by atoms with Crippen molar-refractivity contribution in [3.05, 3.63) is 34.1 Å². The quantitative estimate of drug-likeness (QED) is 0.558. The second kappa shape index (κ2) is 4.77. The molecule has 0 aromatic heterocycles. The van der Waals surface area contributed by atoms with Gasteiger partial charge in [-0.3, -0.25) is 4.99 Å². The van der Waals surface area contributed by atoms with Gasteiger partial charge in [0.25, 0.3) is 0 Å². The molecule has 0 bridgehead atoms. The van der Waals surface area contributed by atoms with Crippen molar-refractivity contribution in [1.29, 1.82) is 0 Å². The van der Waals surface area contributed by atoms with Crippen molar-refractivity contribution in [2.45, 2.75) is 0 Å². The maximum absolute atomic E-state index is 13.3. The molecule has 70 valence electrons. The average Bonchev–Trinajstić information content (AvgIpc) is 2.13. The molecule has 0 saturated heterocycles. The van der Waals surface area contributed by atoms with Gasteiger partial charge in [-0.15, -0.1) is 11.8 Å². The standard InChI is InChI=1S/C9H9BrFNS/c1-12-9(13-2)7-5-6(10)3-4-8(7)11/h3-5H,1-2H3. The molecule has 0 fully saturated rings. The van der Waals surface area contributed by atoms with E-state index in [1.807, 2.05) is 6.26 Å². The molecule has 0 atom stereocenters. The van der Waals surface area contributed by atoms with Gasteiger partial charge in [0, 0.05) is 17.1 Å². The molecule has 0 saturated carbocycles. The monoisotopic (exact) mass is 261 g/mol. The molecule has 1 rings (SSSR count). The van der Waals surface area contributed by atoms with Gasteiger partial charge in [0.15, 0.2) is 0 Å². The molecule has 0 aliphatic carbocycles. The van der Waals surface area contributed by atoms with Crippen LogP contribution in [0.3, 0.4) is 0 Å². The number of thioether (sulfide) groups is 1. The highest BCUT2D eigenvalue weighted by Gasteiger charge is 2.07. The lowest BCUT2D eigenvalue weighted by Crippen LogP contribution is -1.98. The van der Waals surface area contributed by atoms with Crippen molar-refractivity contribution in [3.8, 4) is 0 Å². The molecule has 0 heterocycles. The smallest absolute Gasteiger partial charge is 0.133 e.